The van der Waals surface area contributed by atoms with Gasteiger partial charge in [0.15, 0.2) is 0 Å². The topological polar surface area (TPSA) is 53.9 Å². The summed E-state index contributed by atoms with van der Waals surface area (Å²) in [5.74, 6) is 0. The number of anilines is 2. The summed E-state index contributed by atoms with van der Waals surface area (Å²) < 4.78 is 28.0. The van der Waals surface area contributed by atoms with Gasteiger partial charge in [0.05, 0.1) is 49.5 Å². The molecule has 1 aliphatic rings. The van der Waals surface area contributed by atoms with E-state index in [2.05, 4.69) is 16.7 Å². The summed E-state index contributed by atoms with van der Waals surface area (Å²) >= 11 is 5.92. The Labute approximate surface area is 147 Å². The molecule has 2 aromatic rings. The lowest BCUT2D eigenvalue weighted by Gasteiger charge is -2.33. The first-order chi connectivity index (χ1) is 11.5. The highest BCUT2D eigenvalue weighted by Crippen LogP contribution is 2.28. The number of benzene rings is 2. The molecule has 128 valence electrons. The summed E-state index contributed by atoms with van der Waals surface area (Å²) in [5, 5.41) is 0.396. The Morgan fingerprint density at radius 1 is 1.08 bits per heavy atom. The number of para-hydroxylation sites is 2. The SMILES string of the molecule is C[NH+]1CCN(c2ccccc2NS(=O)(=O)c2cccc(Cl)c2)CC1. The van der Waals surface area contributed by atoms with Gasteiger partial charge in [0.2, 0.25) is 0 Å². The molecule has 0 atom stereocenters. The van der Waals surface area contributed by atoms with Crippen molar-refractivity contribution in [3.05, 3.63) is 53.6 Å². The maximum atomic E-state index is 12.6. The molecule has 0 aliphatic carbocycles. The predicted octanol–water partition coefficient (Wildman–Crippen LogP) is 1.48. The van der Waals surface area contributed by atoms with Crippen molar-refractivity contribution in [3.8, 4) is 0 Å². The molecule has 7 heteroatoms. The molecule has 0 radical (unpaired) electrons. The van der Waals surface area contributed by atoms with Crippen LogP contribution in [0.15, 0.2) is 53.4 Å². The largest absolute Gasteiger partial charge is 0.359 e. The average Bonchev–Trinajstić information content (AvgIpc) is 2.56. The molecule has 24 heavy (non-hydrogen) atoms. The second-order valence-corrected chi connectivity index (χ2v) is 8.14. The Morgan fingerprint density at radius 2 is 1.79 bits per heavy atom. The van der Waals surface area contributed by atoms with Crippen LogP contribution in [0.4, 0.5) is 11.4 Å². The van der Waals surface area contributed by atoms with Crippen molar-refractivity contribution in [2.45, 2.75) is 4.90 Å². The lowest BCUT2D eigenvalue weighted by molar-refractivity contribution is -0.880. The molecule has 1 aliphatic heterocycles. The molecule has 1 saturated heterocycles. The fourth-order valence-electron chi connectivity index (χ4n) is 2.80. The van der Waals surface area contributed by atoms with Crippen LogP contribution in [0.1, 0.15) is 0 Å². The number of nitrogens with zero attached hydrogens (tertiary/aromatic N) is 1. The van der Waals surface area contributed by atoms with Crippen LogP contribution in [-0.4, -0.2) is 41.6 Å². The minimum absolute atomic E-state index is 0.160. The lowest BCUT2D eigenvalue weighted by Crippen LogP contribution is -3.12. The summed E-state index contributed by atoms with van der Waals surface area (Å²) in [7, 11) is -1.50. The molecule has 3 rings (SSSR count). The zero-order chi connectivity index (χ0) is 17.2. The van der Waals surface area contributed by atoms with Gasteiger partial charge < -0.3 is 9.80 Å². The molecular weight excluding hydrogens is 346 g/mol. The second kappa shape index (κ2) is 7.01. The average molecular weight is 367 g/mol. The van der Waals surface area contributed by atoms with Gasteiger partial charge in [0.25, 0.3) is 10.0 Å². The van der Waals surface area contributed by atoms with Crippen LogP contribution in [0.25, 0.3) is 0 Å². The maximum Gasteiger partial charge on any atom is 0.262 e. The van der Waals surface area contributed by atoms with Crippen molar-refractivity contribution in [2.24, 2.45) is 0 Å². The quantitative estimate of drug-likeness (QED) is 0.861. The molecule has 2 N–H and O–H groups in total. The first-order valence-corrected chi connectivity index (χ1v) is 9.75. The third kappa shape index (κ3) is 3.83. The van der Waals surface area contributed by atoms with Gasteiger partial charge in [-0.05, 0) is 30.3 Å². The second-order valence-electron chi connectivity index (χ2n) is 6.02. The lowest BCUT2D eigenvalue weighted by atomic mass is 10.2. The molecule has 0 bridgehead atoms. The number of nitrogens with one attached hydrogen (secondary N) is 2. The third-order valence-electron chi connectivity index (χ3n) is 4.21. The first-order valence-electron chi connectivity index (χ1n) is 7.89. The van der Waals surface area contributed by atoms with Crippen LogP contribution in [-0.2, 0) is 10.0 Å². The van der Waals surface area contributed by atoms with Crippen LogP contribution in [0.3, 0.4) is 0 Å². The Morgan fingerprint density at radius 3 is 2.50 bits per heavy atom. The van der Waals surface area contributed by atoms with E-state index >= 15 is 0 Å². The standard InChI is InChI=1S/C17H20ClN3O2S/c1-20-9-11-21(12-10-20)17-8-3-2-7-16(17)19-24(22,23)15-6-4-5-14(18)13-15/h2-8,13,19H,9-12H2,1H3/p+1. The van der Waals surface area contributed by atoms with Crippen molar-refractivity contribution in [1.82, 2.24) is 0 Å². The van der Waals surface area contributed by atoms with Gasteiger partial charge in [-0.3, -0.25) is 4.72 Å². The van der Waals surface area contributed by atoms with Gasteiger partial charge in [-0.2, -0.15) is 0 Å². The highest BCUT2D eigenvalue weighted by atomic mass is 35.5. The van der Waals surface area contributed by atoms with Crippen LogP contribution in [0.5, 0.6) is 0 Å². The first kappa shape index (κ1) is 17.1. The number of rotatable bonds is 4. The van der Waals surface area contributed by atoms with Crippen molar-refractivity contribution in [1.29, 1.82) is 0 Å². The van der Waals surface area contributed by atoms with E-state index in [1.807, 2.05) is 18.2 Å². The molecule has 0 amide bonds. The van der Waals surface area contributed by atoms with E-state index in [1.165, 1.54) is 17.0 Å². The monoisotopic (exact) mass is 366 g/mol. The Balaban J connectivity index is 1.88. The molecule has 0 spiro atoms. The maximum absolute atomic E-state index is 12.6. The number of quaternary nitrogens is 1. The van der Waals surface area contributed by atoms with Gasteiger partial charge in [0, 0.05) is 5.02 Å². The summed E-state index contributed by atoms with van der Waals surface area (Å²) in [5.41, 5.74) is 1.51. The number of hydrogen-bond acceptors (Lipinski definition) is 3. The Bertz CT molecular complexity index is 818. The molecule has 1 fully saturated rings. The minimum atomic E-state index is -3.67. The van der Waals surface area contributed by atoms with Crippen LogP contribution in [0, 0.1) is 0 Å². The van der Waals surface area contributed by atoms with Gasteiger partial charge >= 0.3 is 0 Å². The minimum Gasteiger partial charge on any atom is -0.359 e. The van der Waals surface area contributed by atoms with Crippen LogP contribution >= 0.6 is 11.6 Å². The van der Waals surface area contributed by atoms with E-state index < -0.39 is 10.0 Å². The normalized spacial score (nSPS) is 16.2. The predicted molar refractivity (Wildman–Crippen MR) is 97.5 cm³/mol. The molecule has 0 unspecified atom stereocenters. The highest BCUT2D eigenvalue weighted by molar-refractivity contribution is 7.92. The van der Waals surface area contributed by atoms with Gasteiger partial charge in [-0.1, -0.05) is 29.8 Å². The van der Waals surface area contributed by atoms with Crippen LogP contribution < -0.4 is 14.5 Å². The zero-order valence-corrected chi connectivity index (χ0v) is 15.1. The van der Waals surface area contributed by atoms with Gasteiger partial charge in [-0.25, -0.2) is 8.42 Å². The fraction of sp³-hybridized carbons (Fsp3) is 0.294. The number of likely N-dealkylation sites (N-methyl/N-ethyl adjacent to an activating group) is 1. The Hall–Kier alpha value is -1.76. The number of piperazine rings is 1. The van der Waals surface area contributed by atoms with Crippen LogP contribution in [0.2, 0.25) is 5.02 Å². The fourth-order valence-corrected chi connectivity index (χ4v) is 4.18. The van der Waals surface area contributed by atoms with E-state index in [9.17, 15) is 8.42 Å². The zero-order valence-electron chi connectivity index (χ0n) is 13.5. The van der Waals surface area contributed by atoms with Crippen molar-refractivity contribution >= 4 is 33.0 Å². The molecule has 1 heterocycles. The highest BCUT2D eigenvalue weighted by Gasteiger charge is 2.22. The molecule has 0 aromatic heterocycles. The van der Waals surface area contributed by atoms with E-state index in [0.29, 0.717) is 10.7 Å². The number of hydrogen-bond donors (Lipinski definition) is 2. The van der Waals surface area contributed by atoms with Crippen molar-refractivity contribution in [2.75, 3.05) is 42.8 Å². The molecule has 2 aromatic carbocycles. The smallest absolute Gasteiger partial charge is 0.262 e. The molecule has 5 nitrogen and oxygen atoms in total. The third-order valence-corrected chi connectivity index (χ3v) is 5.81. The molecule has 0 saturated carbocycles. The van der Waals surface area contributed by atoms with Gasteiger partial charge in [0.1, 0.15) is 0 Å². The number of halogens is 1. The summed E-state index contributed by atoms with van der Waals surface area (Å²) in [6, 6.07) is 13.8. The van der Waals surface area contributed by atoms with Crippen molar-refractivity contribution in [3.63, 3.8) is 0 Å². The van der Waals surface area contributed by atoms with Crippen molar-refractivity contribution < 1.29 is 13.3 Å². The summed E-state index contributed by atoms with van der Waals surface area (Å²) in [6.07, 6.45) is 0. The number of sulfonamides is 1. The van der Waals surface area contributed by atoms with Gasteiger partial charge in [-0.15, -0.1) is 0 Å². The summed E-state index contributed by atoms with van der Waals surface area (Å²) in [4.78, 5) is 3.87. The molecular formula is C17H21ClN3O2S+. The van der Waals surface area contributed by atoms with E-state index in [1.54, 1.807) is 18.2 Å². The summed E-state index contributed by atoms with van der Waals surface area (Å²) in [6.45, 7) is 3.88. The van der Waals surface area contributed by atoms with E-state index in [4.69, 9.17) is 11.6 Å². The van der Waals surface area contributed by atoms with E-state index in [0.717, 1.165) is 31.9 Å². The van der Waals surface area contributed by atoms with E-state index in [-0.39, 0.29) is 4.90 Å². The Kier molecular flexibility index (Phi) is 4.99.